The summed E-state index contributed by atoms with van der Waals surface area (Å²) in [6.45, 7) is 16.0. The van der Waals surface area contributed by atoms with Gasteiger partial charge in [-0.1, -0.05) is 111 Å². The number of hydrogen-bond donors (Lipinski definition) is 0. The van der Waals surface area contributed by atoms with Crippen LogP contribution in [-0.2, 0) is 25.8 Å². The number of nitrogens with one attached hydrogen (secondary N) is 1. The molecule has 0 saturated heterocycles. The number of unbranched alkanes of at least 4 members (excludes halogenated alkanes) is 9. The van der Waals surface area contributed by atoms with Crippen LogP contribution in [0.3, 0.4) is 0 Å². The molecule has 0 amide bonds. The Kier molecular flexibility index (Phi) is 41.5. The van der Waals surface area contributed by atoms with Crippen LogP contribution in [0, 0.1) is 26.8 Å². The average molecular weight is 573 g/mol. The zero-order valence-corrected chi connectivity index (χ0v) is 25.7. The second-order valence-electron chi connectivity index (χ2n) is 7.31. The monoisotopic (exact) mass is 574 g/mol. The fourth-order valence-corrected chi connectivity index (χ4v) is 2.77. The Morgan fingerprint density at radius 1 is 0.821 bits per heavy atom. The summed E-state index contributed by atoms with van der Waals surface area (Å²) < 4.78 is 0. The number of hydrogen-bond acceptors (Lipinski definition) is 0. The third kappa shape index (κ3) is 24.6. The summed E-state index contributed by atoms with van der Waals surface area (Å²) in [5, 5.41) is 0. The summed E-state index contributed by atoms with van der Waals surface area (Å²) >= 11 is 0. The zero-order chi connectivity index (χ0) is 19.5. The van der Waals surface area contributed by atoms with Crippen LogP contribution >= 0.6 is 0 Å². The Labute approximate surface area is 202 Å². The Morgan fingerprint density at radius 3 is 1.39 bits per heavy atom. The van der Waals surface area contributed by atoms with Crippen LogP contribution in [0.4, 0.5) is 0 Å². The van der Waals surface area contributed by atoms with Crippen LogP contribution in [-0.4, -0.2) is 16.1 Å². The van der Waals surface area contributed by atoms with Crippen molar-refractivity contribution in [2.75, 3.05) is 6.54 Å². The van der Waals surface area contributed by atoms with Gasteiger partial charge in [0.15, 0.2) is 0 Å². The van der Waals surface area contributed by atoms with E-state index < -0.39 is 0 Å². The molecule has 0 aromatic rings. The molecule has 0 bridgehead atoms. The fraction of sp³-hybridized carbons (Fsp3) is 0.760. The first-order valence-corrected chi connectivity index (χ1v) is 12.9. The molecule has 1 aliphatic rings. The molecule has 0 aliphatic heterocycles. The molecule has 1 radical (unpaired) electrons. The summed E-state index contributed by atoms with van der Waals surface area (Å²) in [5.74, 6) is 0.560. The third-order valence-corrected chi connectivity index (χ3v) is 4.77. The van der Waals surface area contributed by atoms with Crippen molar-refractivity contribution in [3.05, 3.63) is 43.4 Å². The van der Waals surface area contributed by atoms with E-state index in [1.54, 1.807) is 0 Å². The molecule has 1 N–H and O–H groups in total. The average Bonchev–Trinajstić information content (AvgIpc) is 2.81. The van der Waals surface area contributed by atoms with Crippen LogP contribution in [0.15, 0.2) is 16.7 Å². The molecule has 1 atom stereocenters. The molecule has 0 fully saturated rings. The molecule has 0 heterocycles. The van der Waals surface area contributed by atoms with Gasteiger partial charge in [0.05, 0.1) is 0 Å². The van der Waals surface area contributed by atoms with Gasteiger partial charge in [0.1, 0.15) is 0 Å². The van der Waals surface area contributed by atoms with Crippen LogP contribution in [0.1, 0.15) is 98.8 Å². The van der Waals surface area contributed by atoms with E-state index in [0.29, 0.717) is 12.5 Å². The fourth-order valence-electron chi connectivity index (χ4n) is 2.77. The first-order valence-electron chi connectivity index (χ1n) is 10.6. The minimum absolute atomic E-state index is 0. The van der Waals surface area contributed by atoms with Crippen molar-refractivity contribution in [1.29, 1.82) is 0 Å². The van der Waals surface area contributed by atoms with Crippen LogP contribution < -0.4 is 0 Å². The number of rotatable bonds is 10. The minimum Gasteiger partial charge on any atom is -0.677 e. The maximum atomic E-state index is 7.00. The van der Waals surface area contributed by atoms with Gasteiger partial charge in [-0.3, -0.25) is 6.08 Å². The van der Waals surface area contributed by atoms with Gasteiger partial charge in [-0.15, -0.1) is 6.92 Å². The van der Waals surface area contributed by atoms with Crippen molar-refractivity contribution in [3.63, 3.8) is 0 Å². The molecule has 0 spiro atoms. The zero-order valence-electron chi connectivity index (χ0n) is 20.9. The predicted molar refractivity (Wildman–Crippen MR) is 133 cm³/mol. The first-order chi connectivity index (χ1) is 12.0. The summed E-state index contributed by atoms with van der Waals surface area (Å²) in [5.41, 5.74) is 11.2. The molecule has 0 aromatic heterocycles. The Bertz CT molecular complexity index is 340. The van der Waals surface area contributed by atoms with E-state index in [1.807, 2.05) is 0 Å². The molecule has 1 unspecified atom stereocenters. The van der Waals surface area contributed by atoms with Gasteiger partial charge in [0.25, 0.3) is 0 Å². The van der Waals surface area contributed by atoms with Crippen molar-refractivity contribution in [2.45, 2.75) is 112 Å². The number of allylic oxidation sites excluding steroid dienone is 4. The third-order valence-electron chi connectivity index (χ3n) is 4.77. The Morgan fingerprint density at radius 2 is 1.18 bits per heavy atom. The SMILES string of the molecule is CC1=[C-]C(C)C(C)=C1C.CCCCCCCCCCCC[NH-].C[SiH]C.[CH3-].[CH3-].[Hf+4]. The molecular weight excluding hydrogens is 521 g/mol. The normalized spacial score (nSPS) is 14.3. The standard InChI is InChI=1S/C12H26N.C9H13.C2H7Si.2CH3.Hf/c1-2-3-4-5-6-7-8-9-10-11-12-13;1-6-5-7(2)9(4)8(6)3;1-3-2;;;/h13H,2-12H2,1H3;6H,1-4H3;3H,1-2H3;2*1H3;/q2*-1;;2*-1;+4. The van der Waals surface area contributed by atoms with Crippen molar-refractivity contribution in [2.24, 2.45) is 5.92 Å². The van der Waals surface area contributed by atoms with Crippen LogP contribution in [0.25, 0.3) is 5.73 Å². The van der Waals surface area contributed by atoms with Crippen molar-refractivity contribution in [1.82, 2.24) is 0 Å². The van der Waals surface area contributed by atoms with Gasteiger partial charge in [-0.25, -0.2) is 5.57 Å². The second kappa shape index (κ2) is 29.7. The Balaban J connectivity index is -0.000000104. The largest absolute Gasteiger partial charge is 4.00 e. The summed E-state index contributed by atoms with van der Waals surface area (Å²) in [7, 11) is 0.750. The molecule has 0 aromatic carbocycles. The van der Waals surface area contributed by atoms with E-state index in [2.05, 4.69) is 53.8 Å². The topological polar surface area (TPSA) is 23.8 Å². The molecule has 1 aliphatic carbocycles. The smallest absolute Gasteiger partial charge is 0.677 e. The van der Waals surface area contributed by atoms with Crippen molar-refractivity contribution < 1.29 is 25.8 Å². The maximum Gasteiger partial charge on any atom is 4.00 e. The quantitative estimate of drug-likeness (QED) is 0.142. The van der Waals surface area contributed by atoms with Crippen molar-refractivity contribution in [3.8, 4) is 0 Å². The molecule has 3 heteroatoms. The summed E-state index contributed by atoms with van der Waals surface area (Å²) in [6, 6.07) is 0. The molecule has 165 valence electrons. The van der Waals surface area contributed by atoms with Gasteiger partial charge in [-0.2, -0.15) is 17.7 Å². The van der Waals surface area contributed by atoms with Crippen LogP contribution in [0.5, 0.6) is 0 Å². The van der Waals surface area contributed by atoms with Gasteiger partial charge in [-0.05, 0) is 0 Å². The van der Waals surface area contributed by atoms with Gasteiger partial charge in [0.2, 0.25) is 0 Å². The van der Waals surface area contributed by atoms with E-state index in [4.69, 9.17) is 5.73 Å². The van der Waals surface area contributed by atoms with E-state index in [1.165, 1.54) is 74.5 Å². The maximum absolute atomic E-state index is 7.00. The Hall–Kier alpha value is 0.527. The van der Waals surface area contributed by atoms with Gasteiger partial charge in [0, 0.05) is 9.52 Å². The molecule has 1 rings (SSSR count). The summed E-state index contributed by atoms with van der Waals surface area (Å²) in [4.78, 5) is 0. The van der Waals surface area contributed by atoms with E-state index in [0.717, 1.165) is 15.9 Å². The first kappa shape index (κ1) is 39.1. The van der Waals surface area contributed by atoms with Crippen molar-refractivity contribution >= 4 is 9.52 Å². The molecule has 1 nitrogen and oxygen atoms in total. The van der Waals surface area contributed by atoms with E-state index >= 15 is 0 Å². The van der Waals surface area contributed by atoms with Crippen LogP contribution in [0.2, 0.25) is 13.1 Å². The van der Waals surface area contributed by atoms with E-state index in [-0.39, 0.29) is 40.7 Å². The summed E-state index contributed by atoms with van der Waals surface area (Å²) in [6.07, 6.45) is 17.0. The molecular formula is C25H52HfNSi. The minimum atomic E-state index is 0. The van der Waals surface area contributed by atoms with Gasteiger partial charge >= 0.3 is 25.8 Å². The molecule has 28 heavy (non-hydrogen) atoms. The predicted octanol–water partition coefficient (Wildman–Crippen LogP) is 9.10. The van der Waals surface area contributed by atoms with Gasteiger partial charge < -0.3 is 20.6 Å². The molecule has 0 saturated carbocycles. The second-order valence-corrected chi connectivity index (χ2v) is 8.46. The van der Waals surface area contributed by atoms with E-state index in [9.17, 15) is 0 Å².